The lowest BCUT2D eigenvalue weighted by Gasteiger charge is -2.25. The summed E-state index contributed by atoms with van der Waals surface area (Å²) in [6, 6.07) is -0.320. The van der Waals surface area contributed by atoms with Gasteiger partial charge < -0.3 is 20.3 Å². The third-order valence-electron chi connectivity index (χ3n) is 2.65. The number of urea groups is 1. The number of hydrogen-bond acceptors (Lipinski definition) is 5. The Morgan fingerprint density at radius 2 is 2.11 bits per heavy atom. The van der Waals surface area contributed by atoms with Gasteiger partial charge in [0.15, 0.2) is 5.82 Å². The van der Waals surface area contributed by atoms with Gasteiger partial charge in [-0.15, -0.1) is 0 Å². The number of hydrogen-bond donors (Lipinski definition) is 3. The maximum absolute atomic E-state index is 11.5. The van der Waals surface area contributed by atoms with Crippen LogP contribution in [0.4, 0.5) is 4.79 Å². The summed E-state index contributed by atoms with van der Waals surface area (Å²) in [7, 11) is 0. The maximum Gasteiger partial charge on any atom is 0.314 e. The predicted molar refractivity (Wildman–Crippen MR) is 69.6 cm³/mol. The van der Waals surface area contributed by atoms with Crippen molar-refractivity contribution < 1.29 is 14.4 Å². The Morgan fingerprint density at radius 1 is 1.42 bits per heavy atom. The molecule has 3 N–H and O–H groups in total. The fourth-order valence-corrected chi connectivity index (χ4v) is 1.28. The van der Waals surface area contributed by atoms with E-state index in [0.717, 1.165) is 0 Å². The van der Waals surface area contributed by atoms with Gasteiger partial charge in [-0.25, -0.2) is 4.79 Å². The van der Waals surface area contributed by atoms with E-state index in [4.69, 9.17) is 4.52 Å². The third kappa shape index (κ3) is 5.69. The molecule has 0 fully saturated rings. The highest BCUT2D eigenvalue weighted by Crippen LogP contribution is 2.17. The Balaban J connectivity index is 2.18. The molecule has 0 aromatic carbocycles. The minimum atomic E-state index is -0.586. The summed E-state index contributed by atoms with van der Waals surface area (Å²) >= 11 is 0. The number of aliphatic hydroxyl groups is 1. The van der Waals surface area contributed by atoms with E-state index in [1.165, 1.54) is 0 Å². The number of rotatable bonds is 5. The van der Waals surface area contributed by atoms with E-state index in [0.29, 0.717) is 24.7 Å². The number of carbonyl (C=O) groups is 1. The van der Waals surface area contributed by atoms with Crippen molar-refractivity contribution in [2.24, 2.45) is 5.41 Å². The van der Waals surface area contributed by atoms with Crippen LogP contribution in [0.15, 0.2) is 4.52 Å². The largest absolute Gasteiger partial charge is 0.391 e. The lowest BCUT2D eigenvalue weighted by Crippen LogP contribution is -2.44. The first kappa shape index (κ1) is 15.4. The van der Waals surface area contributed by atoms with E-state index in [1.54, 1.807) is 6.92 Å². The number of amides is 2. The van der Waals surface area contributed by atoms with Crippen molar-refractivity contribution in [3.05, 3.63) is 11.7 Å². The molecule has 1 rings (SSSR count). The van der Waals surface area contributed by atoms with Crippen LogP contribution in [-0.2, 0) is 6.42 Å². The molecule has 0 bridgehead atoms. The highest BCUT2D eigenvalue weighted by atomic mass is 16.5. The van der Waals surface area contributed by atoms with Gasteiger partial charge in [-0.1, -0.05) is 25.9 Å². The number of aryl methyl sites for hydroxylation is 1. The summed E-state index contributed by atoms with van der Waals surface area (Å²) in [6.07, 6.45) is -0.104. The van der Waals surface area contributed by atoms with Crippen molar-refractivity contribution in [3.8, 4) is 0 Å². The second-order valence-corrected chi connectivity index (χ2v) is 5.50. The zero-order chi connectivity index (χ0) is 14.5. The zero-order valence-corrected chi connectivity index (χ0v) is 11.9. The number of aromatic nitrogens is 2. The molecule has 0 aliphatic heterocycles. The fourth-order valence-electron chi connectivity index (χ4n) is 1.28. The van der Waals surface area contributed by atoms with Crippen LogP contribution in [0.25, 0.3) is 0 Å². The van der Waals surface area contributed by atoms with E-state index in [2.05, 4.69) is 20.8 Å². The van der Waals surface area contributed by atoms with Crippen LogP contribution in [-0.4, -0.2) is 40.5 Å². The molecule has 7 heteroatoms. The lowest BCUT2D eigenvalue weighted by molar-refractivity contribution is 0.0650. The van der Waals surface area contributed by atoms with Crippen molar-refractivity contribution in [3.63, 3.8) is 0 Å². The summed E-state index contributed by atoms with van der Waals surface area (Å²) < 4.78 is 4.92. The molecule has 1 heterocycles. The highest BCUT2D eigenvalue weighted by molar-refractivity contribution is 5.73. The normalized spacial score (nSPS) is 13.1. The van der Waals surface area contributed by atoms with Crippen molar-refractivity contribution in [2.45, 2.75) is 40.2 Å². The SMILES string of the molecule is Cc1noc(CCNC(=O)NCC(O)C(C)(C)C)n1. The fraction of sp³-hybridized carbons (Fsp3) is 0.750. The van der Waals surface area contributed by atoms with Crippen LogP contribution in [0, 0.1) is 12.3 Å². The maximum atomic E-state index is 11.5. The molecular formula is C12H22N4O3. The van der Waals surface area contributed by atoms with Gasteiger partial charge in [0.2, 0.25) is 5.89 Å². The molecule has 108 valence electrons. The van der Waals surface area contributed by atoms with Gasteiger partial charge in [0.1, 0.15) is 0 Å². The molecule has 1 aromatic rings. The summed E-state index contributed by atoms with van der Waals surface area (Å²) in [6.45, 7) is 8.09. The monoisotopic (exact) mass is 270 g/mol. The molecule has 1 unspecified atom stereocenters. The standard InChI is InChI=1S/C12H22N4O3/c1-8-15-10(19-16-8)5-6-13-11(18)14-7-9(17)12(2,3)4/h9,17H,5-7H2,1-4H3,(H2,13,14,18). The zero-order valence-electron chi connectivity index (χ0n) is 11.9. The number of nitrogens with zero attached hydrogens (tertiary/aromatic N) is 2. The van der Waals surface area contributed by atoms with Crippen LogP contribution >= 0.6 is 0 Å². The van der Waals surface area contributed by atoms with Gasteiger partial charge >= 0.3 is 6.03 Å². The van der Waals surface area contributed by atoms with Gasteiger partial charge in [0.25, 0.3) is 0 Å². The Kier molecular flexibility index (Phi) is 5.29. The molecule has 2 amide bonds. The molecular weight excluding hydrogens is 248 g/mol. The Labute approximate surface area is 112 Å². The molecule has 7 nitrogen and oxygen atoms in total. The van der Waals surface area contributed by atoms with Crippen LogP contribution in [0.5, 0.6) is 0 Å². The number of carbonyl (C=O) groups excluding carboxylic acids is 1. The van der Waals surface area contributed by atoms with Gasteiger partial charge in [-0.05, 0) is 12.3 Å². The van der Waals surface area contributed by atoms with Crippen molar-refractivity contribution in [1.29, 1.82) is 0 Å². The number of nitrogens with one attached hydrogen (secondary N) is 2. The van der Waals surface area contributed by atoms with E-state index in [9.17, 15) is 9.90 Å². The molecule has 0 saturated carbocycles. The smallest absolute Gasteiger partial charge is 0.314 e. The number of aliphatic hydroxyl groups excluding tert-OH is 1. The lowest BCUT2D eigenvalue weighted by atomic mass is 9.89. The minimum absolute atomic E-state index is 0.217. The first-order valence-electron chi connectivity index (χ1n) is 6.28. The summed E-state index contributed by atoms with van der Waals surface area (Å²) in [4.78, 5) is 15.5. The molecule has 0 radical (unpaired) electrons. The summed E-state index contributed by atoms with van der Waals surface area (Å²) in [5, 5.41) is 18.7. The van der Waals surface area contributed by atoms with Crippen LogP contribution in [0.1, 0.15) is 32.5 Å². The van der Waals surface area contributed by atoms with E-state index in [1.807, 2.05) is 20.8 Å². The first-order valence-corrected chi connectivity index (χ1v) is 6.28. The predicted octanol–water partition coefficient (Wildman–Crippen LogP) is 0.627. The summed E-state index contributed by atoms with van der Waals surface area (Å²) in [5.41, 5.74) is -0.255. The van der Waals surface area contributed by atoms with Gasteiger partial charge in [-0.2, -0.15) is 4.98 Å². The first-order chi connectivity index (χ1) is 8.79. The average molecular weight is 270 g/mol. The van der Waals surface area contributed by atoms with Crippen LogP contribution in [0.2, 0.25) is 0 Å². The van der Waals surface area contributed by atoms with E-state index in [-0.39, 0.29) is 18.0 Å². The highest BCUT2D eigenvalue weighted by Gasteiger charge is 2.22. The quantitative estimate of drug-likeness (QED) is 0.728. The van der Waals surface area contributed by atoms with Crippen molar-refractivity contribution in [1.82, 2.24) is 20.8 Å². The molecule has 1 aromatic heterocycles. The molecule has 0 aliphatic carbocycles. The van der Waals surface area contributed by atoms with Crippen LogP contribution in [0.3, 0.4) is 0 Å². The molecule has 0 spiro atoms. The van der Waals surface area contributed by atoms with Crippen molar-refractivity contribution >= 4 is 6.03 Å². The Bertz CT molecular complexity index is 411. The van der Waals surface area contributed by atoms with Crippen molar-refractivity contribution in [2.75, 3.05) is 13.1 Å². The van der Waals surface area contributed by atoms with E-state index < -0.39 is 6.10 Å². The third-order valence-corrected chi connectivity index (χ3v) is 2.65. The molecule has 0 aliphatic rings. The topological polar surface area (TPSA) is 100 Å². The van der Waals surface area contributed by atoms with Crippen LogP contribution < -0.4 is 10.6 Å². The van der Waals surface area contributed by atoms with E-state index >= 15 is 0 Å². The van der Waals surface area contributed by atoms with Gasteiger partial charge in [0, 0.05) is 19.5 Å². The average Bonchev–Trinajstić information content (AvgIpc) is 2.70. The minimum Gasteiger partial charge on any atom is -0.391 e. The second-order valence-electron chi connectivity index (χ2n) is 5.50. The Morgan fingerprint density at radius 3 is 2.63 bits per heavy atom. The summed E-state index contributed by atoms with van der Waals surface area (Å²) in [5.74, 6) is 1.07. The molecule has 0 saturated heterocycles. The molecule has 1 atom stereocenters. The van der Waals surface area contributed by atoms with Gasteiger partial charge in [-0.3, -0.25) is 0 Å². The Hall–Kier alpha value is -1.63. The second kappa shape index (κ2) is 6.51. The molecule has 19 heavy (non-hydrogen) atoms. The van der Waals surface area contributed by atoms with Gasteiger partial charge in [0.05, 0.1) is 6.10 Å².